The molecule has 3 heterocycles. The van der Waals surface area contributed by atoms with Crippen molar-refractivity contribution in [2.24, 2.45) is 0 Å². The van der Waals surface area contributed by atoms with Crippen LogP contribution < -0.4 is 0 Å². The molecule has 0 radical (unpaired) electrons. The number of carbonyl (C=O) groups is 1. The predicted molar refractivity (Wildman–Crippen MR) is 86.7 cm³/mol. The first-order valence-corrected chi connectivity index (χ1v) is 7.44. The lowest BCUT2D eigenvalue weighted by Gasteiger charge is -2.32. The highest BCUT2D eigenvalue weighted by Crippen LogP contribution is 2.47. The molecule has 1 aromatic heterocycles. The van der Waals surface area contributed by atoms with E-state index < -0.39 is 0 Å². The van der Waals surface area contributed by atoms with Crippen LogP contribution in [-0.2, 0) is 0 Å². The third-order valence-electron chi connectivity index (χ3n) is 4.79. The third-order valence-corrected chi connectivity index (χ3v) is 4.79. The summed E-state index contributed by atoms with van der Waals surface area (Å²) in [5.74, 6) is 0.109. The molecule has 3 nitrogen and oxygen atoms in total. The summed E-state index contributed by atoms with van der Waals surface area (Å²) in [5.41, 5.74) is 6.28. The molecule has 2 aromatic carbocycles. The van der Waals surface area contributed by atoms with Crippen LogP contribution in [0, 0.1) is 0 Å². The van der Waals surface area contributed by atoms with Crippen LogP contribution in [0.1, 0.15) is 33.2 Å². The number of H-pyrrole nitrogens is 1. The molecule has 1 N–H and O–H groups in total. The summed E-state index contributed by atoms with van der Waals surface area (Å²) >= 11 is 0. The van der Waals surface area contributed by atoms with Gasteiger partial charge >= 0.3 is 0 Å². The smallest absolute Gasteiger partial charge is 0.255 e. The van der Waals surface area contributed by atoms with Crippen LogP contribution in [0.3, 0.4) is 0 Å². The van der Waals surface area contributed by atoms with E-state index in [-0.39, 0.29) is 11.9 Å². The molecule has 1 unspecified atom stereocenters. The molecule has 3 heteroatoms. The molecule has 0 saturated carbocycles. The first-order chi connectivity index (χ1) is 10.8. The van der Waals surface area contributed by atoms with Gasteiger partial charge in [0.2, 0.25) is 0 Å². The highest BCUT2D eigenvalue weighted by atomic mass is 16.2. The zero-order valence-corrected chi connectivity index (χ0v) is 12.0. The van der Waals surface area contributed by atoms with Gasteiger partial charge in [-0.1, -0.05) is 43.0 Å². The van der Waals surface area contributed by atoms with Crippen LogP contribution in [0.2, 0.25) is 0 Å². The van der Waals surface area contributed by atoms with Crippen LogP contribution in [0.25, 0.3) is 16.5 Å². The number of carbonyl (C=O) groups excluding carboxylic acids is 1. The number of aromatic nitrogens is 1. The quantitative estimate of drug-likeness (QED) is 0.671. The molecule has 5 rings (SSSR count). The topological polar surface area (TPSA) is 36.1 Å². The average Bonchev–Trinajstić information content (AvgIpc) is 3.06. The van der Waals surface area contributed by atoms with Crippen LogP contribution in [0.15, 0.2) is 55.1 Å². The van der Waals surface area contributed by atoms with Crippen LogP contribution >= 0.6 is 0 Å². The highest BCUT2D eigenvalue weighted by Gasteiger charge is 2.43. The Balaban J connectivity index is 1.88. The summed E-state index contributed by atoms with van der Waals surface area (Å²) in [5, 5.41) is 1.18. The predicted octanol–water partition coefficient (Wildman–Crippen LogP) is 3.74. The molecule has 1 atom stereocenters. The van der Waals surface area contributed by atoms with Gasteiger partial charge < -0.3 is 9.88 Å². The Labute approximate surface area is 127 Å². The minimum absolute atomic E-state index is 0.000324. The second-order valence-corrected chi connectivity index (χ2v) is 5.99. The monoisotopic (exact) mass is 286 g/mol. The number of nitrogens with zero attached hydrogens (tertiary/aromatic N) is 1. The van der Waals surface area contributed by atoms with Gasteiger partial charge in [-0.15, -0.1) is 0 Å². The summed E-state index contributed by atoms with van der Waals surface area (Å²) in [6, 6.07) is 16.2. The Morgan fingerprint density at radius 1 is 1.09 bits per heavy atom. The summed E-state index contributed by atoms with van der Waals surface area (Å²) in [4.78, 5) is 18.1. The number of amides is 1. The number of nitrogens with one attached hydrogen (secondary N) is 1. The minimum atomic E-state index is 0.000324. The van der Waals surface area contributed by atoms with E-state index in [2.05, 4.69) is 29.8 Å². The molecule has 0 bridgehead atoms. The van der Waals surface area contributed by atoms with Crippen molar-refractivity contribution < 1.29 is 4.79 Å². The van der Waals surface area contributed by atoms with Crippen molar-refractivity contribution in [3.8, 4) is 0 Å². The number of benzene rings is 2. The fraction of sp³-hybridized carbons (Fsp3) is 0.105. The highest BCUT2D eigenvalue weighted by molar-refractivity contribution is 6.03. The summed E-state index contributed by atoms with van der Waals surface area (Å²) in [6.07, 6.45) is 0. The molecule has 1 amide bonds. The molecule has 2 aliphatic rings. The summed E-state index contributed by atoms with van der Waals surface area (Å²) in [6.45, 7) is 4.76. The molecule has 0 saturated heterocycles. The maximum Gasteiger partial charge on any atom is 0.255 e. The Bertz CT molecular complexity index is 966. The first-order valence-electron chi connectivity index (χ1n) is 7.44. The molecule has 106 valence electrons. The lowest BCUT2D eigenvalue weighted by molar-refractivity contribution is 0.0769. The van der Waals surface area contributed by atoms with Gasteiger partial charge in [0, 0.05) is 34.3 Å². The third kappa shape index (κ3) is 1.29. The van der Waals surface area contributed by atoms with Crippen molar-refractivity contribution in [3.05, 3.63) is 77.5 Å². The van der Waals surface area contributed by atoms with E-state index in [0.717, 1.165) is 27.9 Å². The van der Waals surface area contributed by atoms with Crippen molar-refractivity contribution >= 4 is 22.4 Å². The van der Waals surface area contributed by atoms with E-state index in [4.69, 9.17) is 0 Å². The van der Waals surface area contributed by atoms with Crippen molar-refractivity contribution in [1.29, 1.82) is 0 Å². The zero-order chi connectivity index (χ0) is 14.8. The number of fused-ring (bicyclic) bond motifs is 7. The van der Waals surface area contributed by atoms with E-state index in [1.54, 1.807) is 0 Å². The number of rotatable bonds is 0. The minimum Gasteiger partial charge on any atom is -0.354 e. The average molecular weight is 286 g/mol. The molecule has 0 aliphatic carbocycles. The molecule has 0 spiro atoms. The number of hydrogen-bond acceptors (Lipinski definition) is 1. The fourth-order valence-corrected chi connectivity index (χ4v) is 3.86. The Morgan fingerprint density at radius 3 is 2.77 bits per heavy atom. The normalized spacial score (nSPS) is 19.3. The van der Waals surface area contributed by atoms with Gasteiger partial charge in [0.05, 0.1) is 6.04 Å². The van der Waals surface area contributed by atoms with E-state index in [1.165, 1.54) is 10.9 Å². The van der Waals surface area contributed by atoms with Crippen molar-refractivity contribution in [2.45, 2.75) is 6.04 Å². The van der Waals surface area contributed by atoms with Gasteiger partial charge in [-0.25, -0.2) is 0 Å². The lowest BCUT2D eigenvalue weighted by atomic mass is 9.91. The summed E-state index contributed by atoms with van der Waals surface area (Å²) < 4.78 is 0. The van der Waals surface area contributed by atoms with Gasteiger partial charge in [-0.05, 0) is 23.3 Å². The maximum atomic E-state index is 12.7. The van der Waals surface area contributed by atoms with Gasteiger partial charge in [0.25, 0.3) is 5.91 Å². The number of aromatic amines is 1. The standard InChI is InChI=1S/C19H14N2O/c1-11-10-21-18(12-6-2-3-7-13(12)19(21)22)16-14-8-4-5-9-15(14)20-17(11)16/h2-9,18,20H,1,10H2. The van der Waals surface area contributed by atoms with E-state index >= 15 is 0 Å². The van der Waals surface area contributed by atoms with Crippen molar-refractivity contribution in [3.63, 3.8) is 0 Å². The first kappa shape index (κ1) is 11.8. The second-order valence-electron chi connectivity index (χ2n) is 5.99. The summed E-state index contributed by atoms with van der Waals surface area (Å²) in [7, 11) is 0. The Kier molecular flexibility index (Phi) is 2.09. The van der Waals surface area contributed by atoms with Gasteiger partial charge in [-0.2, -0.15) is 0 Å². The van der Waals surface area contributed by atoms with Crippen molar-refractivity contribution in [1.82, 2.24) is 9.88 Å². The van der Waals surface area contributed by atoms with E-state index in [9.17, 15) is 4.79 Å². The van der Waals surface area contributed by atoms with Crippen molar-refractivity contribution in [2.75, 3.05) is 6.54 Å². The van der Waals surface area contributed by atoms with Crippen LogP contribution in [0.5, 0.6) is 0 Å². The molecular weight excluding hydrogens is 272 g/mol. The largest absolute Gasteiger partial charge is 0.354 e. The number of hydrogen-bond donors (Lipinski definition) is 1. The van der Waals surface area contributed by atoms with Gasteiger partial charge in [-0.3, -0.25) is 4.79 Å². The maximum absolute atomic E-state index is 12.7. The Morgan fingerprint density at radius 2 is 1.86 bits per heavy atom. The molecule has 0 fully saturated rings. The fourth-order valence-electron chi connectivity index (χ4n) is 3.86. The molecule has 3 aromatic rings. The number of para-hydroxylation sites is 1. The molecule has 2 aliphatic heterocycles. The van der Waals surface area contributed by atoms with E-state index in [1.807, 2.05) is 35.2 Å². The zero-order valence-electron chi connectivity index (χ0n) is 12.0. The lowest BCUT2D eigenvalue weighted by Crippen LogP contribution is -2.34. The second kappa shape index (κ2) is 3.89. The Hall–Kier alpha value is -2.81. The van der Waals surface area contributed by atoms with Gasteiger partial charge in [0.15, 0.2) is 0 Å². The molecule has 22 heavy (non-hydrogen) atoms. The molecular formula is C19H14N2O. The van der Waals surface area contributed by atoms with Gasteiger partial charge in [0.1, 0.15) is 0 Å². The van der Waals surface area contributed by atoms with Crippen LogP contribution in [0.4, 0.5) is 0 Å². The van der Waals surface area contributed by atoms with E-state index in [0.29, 0.717) is 6.54 Å². The van der Waals surface area contributed by atoms with Crippen LogP contribution in [-0.4, -0.2) is 22.3 Å². The SMILES string of the molecule is C=C1CN2C(=O)c3ccccc3C2c2c1[nH]c1ccccc21.